The molecule has 3 aliphatic rings. The van der Waals surface area contributed by atoms with Gasteiger partial charge in [0.1, 0.15) is 5.84 Å². The Balaban J connectivity index is 1.85. The van der Waals surface area contributed by atoms with Crippen molar-refractivity contribution in [1.29, 1.82) is 0 Å². The van der Waals surface area contributed by atoms with Crippen LogP contribution >= 0.6 is 0 Å². The summed E-state index contributed by atoms with van der Waals surface area (Å²) in [6, 6.07) is 4.71. The van der Waals surface area contributed by atoms with E-state index < -0.39 is 11.7 Å². The first-order chi connectivity index (χ1) is 9.04. The molecule has 2 atom stereocenters. The van der Waals surface area contributed by atoms with Crippen LogP contribution in [0.5, 0.6) is 0 Å². The van der Waals surface area contributed by atoms with Crippen LogP contribution in [0.1, 0.15) is 30.4 Å². The van der Waals surface area contributed by atoms with Gasteiger partial charge in [0, 0.05) is 24.1 Å². The lowest BCUT2D eigenvalue weighted by atomic mass is 9.99. The second kappa shape index (κ2) is 3.52. The molecule has 1 aromatic rings. The van der Waals surface area contributed by atoms with E-state index in [1.807, 2.05) is 0 Å². The molecule has 2 heterocycles. The van der Waals surface area contributed by atoms with Crippen molar-refractivity contribution in [2.45, 2.75) is 38.0 Å². The molecule has 4 rings (SSSR count). The lowest BCUT2D eigenvalue weighted by Gasteiger charge is -2.34. The van der Waals surface area contributed by atoms with E-state index in [9.17, 15) is 13.2 Å². The van der Waals surface area contributed by atoms with Crippen molar-refractivity contribution in [3.8, 4) is 0 Å². The zero-order chi connectivity index (χ0) is 13.2. The van der Waals surface area contributed by atoms with Gasteiger partial charge in [-0.15, -0.1) is 0 Å². The van der Waals surface area contributed by atoms with E-state index in [-0.39, 0.29) is 0 Å². The summed E-state index contributed by atoms with van der Waals surface area (Å²) in [7, 11) is 0. The van der Waals surface area contributed by atoms with Crippen LogP contribution < -0.4 is 0 Å². The predicted octanol–water partition coefficient (Wildman–Crippen LogP) is 3.73. The van der Waals surface area contributed by atoms with Gasteiger partial charge in [0.05, 0.1) is 11.3 Å². The molecule has 5 heteroatoms. The number of halogens is 3. The highest BCUT2D eigenvalue weighted by atomic mass is 19.4. The fourth-order valence-corrected chi connectivity index (χ4v) is 3.67. The van der Waals surface area contributed by atoms with E-state index in [1.54, 1.807) is 6.07 Å². The topological polar surface area (TPSA) is 15.6 Å². The van der Waals surface area contributed by atoms with Crippen molar-refractivity contribution in [2.75, 3.05) is 0 Å². The van der Waals surface area contributed by atoms with Crippen LogP contribution in [0.2, 0.25) is 0 Å². The summed E-state index contributed by atoms with van der Waals surface area (Å²) >= 11 is 0. The molecule has 2 fully saturated rings. The van der Waals surface area contributed by atoms with Crippen LogP contribution in [0.15, 0.2) is 23.2 Å². The normalized spacial score (nSPS) is 28.2. The standard InChI is InChI=1S/C14H13F3N2/c15-14(16,17)11-2-1-3-12-10(11)7-19-9-5-4-8(6-9)13(19)18-12/h1-3,8-9H,4-7H2. The largest absolute Gasteiger partial charge is 0.416 e. The van der Waals surface area contributed by atoms with Gasteiger partial charge in [-0.05, 0) is 31.4 Å². The molecular formula is C14H13F3N2. The van der Waals surface area contributed by atoms with Crippen molar-refractivity contribution >= 4 is 11.5 Å². The average molecular weight is 266 g/mol. The second-order valence-electron chi connectivity index (χ2n) is 5.56. The first-order valence-corrected chi connectivity index (χ1v) is 6.58. The molecule has 0 aromatic heterocycles. The van der Waals surface area contributed by atoms with E-state index in [2.05, 4.69) is 9.89 Å². The van der Waals surface area contributed by atoms with Gasteiger partial charge in [-0.3, -0.25) is 0 Å². The number of alkyl halides is 3. The van der Waals surface area contributed by atoms with Crippen LogP contribution in [0, 0.1) is 5.92 Å². The number of hydrogen-bond donors (Lipinski definition) is 0. The van der Waals surface area contributed by atoms with Gasteiger partial charge in [-0.2, -0.15) is 13.2 Å². The average Bonchev–Trinajstić information content (AvgIpc) is 2.96. The Labute approximate surface area is 108 Å². The van der Waals surface area contributed by atoms with Gasteiger partial charge in [-0.25, -0.2) is 4.99 Å². The van der Waals surface area contributed by atoms with Gasteiger partial charge in [0.2, 0.25) is 0 Å². The molecular weight excluding hydrogens is 253 g/mol. The van der Waals surface area contributed by atoms with Crippen LogP contribution in [-0.4, -0.2) is 16.8 Å². The number of nitrogens with zero attached hydrogens (tertiary/aromatic N) is 2. The molecule has 2 nitrogen and oxygen atoms in total. The molecule has 100 valence electrons. The highest BCUT2D eigenvalue weighted by molar-refractivity contribution is 5.92. The molecule has 2 aliphatic heterocycles. The molecule has 1 saturated carbocycles. The minimum atomic E-state index is -4.29. The highest BCUT2D eigenvalue weighted by Gasteiger charge is 2.46. The van der Waals surface area contributed by atoms with Crippen molar-refractivity contribution in [1.82, 2.24) is 4.90 Å². The summed E-state index contributed by atoms with van der Waals surface area (Å²) in [4.78, 5) is 6.60. The van der Waals surface area contributed by atoms with E-state index in [0.717, 1.165) is 31.2 Å². The first-order valence-electron chi connectivity index (χ1n) is 6.58. The lowest BCUT2D eigenvalue weighted by Crippen LogP contribution is -2.38. The van der Waals surface area contributed by atoms with Crippen molar-refractivity contribution in [2.24, 2.45) is 10.9 Å². The third-order valence-electron chi connectivity index (χ3n) is 4.53. The number of benzene rings is 1. The van der Waals surface area contributed by atoms with Crippen molar-refractivity contribution in [3.05, 3.63) is 29.3 Å². The van der Waals surface area contributed by atoms with E-state index in [4.69, 9.17) is 0 Å². The van der Waals surface area contributed by atoms with Crippen LogP contribution in [0.4, 0.5) is 18.9 Å². The fraction of sp³-hybridized carbons (Fsp3) is 0.500. The quantitative estimate of drug-likeness (QED) is 0.698. The van der Waals surface area contributed by atoms with E-state index >= 15 is 0 Å². The summed E-state index contributed by atoms with van der Waals surface area (Å²) in [5.74, 6) is 1.48. The smallest absolute Gasteiger partial charge is 0.352 e. The lowest BCUT2D eigenvalue weighted by molar-refractivity contribution is -0.138. The molecule has 19 heavy (non-hydrogen) atoms. The minimum absolute atomic E-state index is 0.339. The molecule has 0 amide bonds. The third kappa shape index (κ3) is 1.53. The fourth-order valence-electron chi connectivity index (χ4n) is 3.67. The summed E-state index contributed by atoms with van der Waals surface area (Å²) in [6.45, 7) is 0.366. The maximum atomic E-state index is 13.0. The summed E-state index contributed by atoms with van der Waals surface area (Å²) in [5, 5.41) is 0. The Morgan fingerprint density at radius 2 is 2.05 bits per heavy atom. The molecule has 0 radical (unpaired) electrons. The Kier molecular flexibility index (Phi) is 2.10. The highest BCUT2D eigenvalue weighted by Crippen LogP contribution is 2.46. The second-order valence-corrected chi connectivity index (χ2v) is 5.56. The zero-order valence-electron chi connectivity index (χ0n) is 10.2. The molecule has 1 aliphatic carbocycles. The van der Waals surface area contributed by atoms with Crippen LogP contribution in [0.25, 0.3) is 0 Å². The Morgan fingerprint density at radius 3 is 2.84 bits per heavy atom. The summed E-state index contributed by atoms with van der Waals surface area (Å²) in [5.41, 5.74) is 0.315. The van der Waals surface area contributed by atoms with Gasteiger partial charge >= 0.3 is 6.18 Å². The summed E-state index contributed by atoms with van der Waals surface area (Å²) < 4.78 is 39.1. The van der Waals surface area contributed by atoms with Gasteiger partial charge in [0.25, 0.3) is 0 Å². The van der Waals surface area contributed by atoms with E-state index in [0.29, 0.717) is 29.8 Å². The van der Waals surface area contributed by atoms with Gasteiger partial charge < -0.3 is 4.90 Å². The molecule has 2 unspecified atom stereocenters. The Morgan fingerprint density at radius 1 is 1.21 bits per heavy atom. The minimum Gasteiger partial charge on any atom is -0.352 e. The SMILES string of the molecule is FC(F)(F)c1cccc2c1CN1C(=N2)C2CCC1C2. The zero-order valence-corrected chi connectivity index (χ0v) is 10.2. The molecule has 1 aromatic carbocycles. The first kappa shape index (κ1) is 11.3. The Hall–Kier alpha value is -1.52. The predicted molar refractivity (Wildman–Crippen MR) is 65.2 cm³/mol. The molecule has 2 bridgehead atoms. The van der Waals surface area contributed by atoms with Crippen molar-refractivity contribution < 1.29 is 13.2 Å². The number of piperidine rings is 1. The number of hydrogen-bond acceptors (Lipinski definition) is 2. The van der Waals surface area contributed by atoms with Gasteiger partial charge in [-0.1, -0.05) is 6.07 Å². The van der Waals surface area contributed by atoms with Crippen molar-refractivity contribution in [3.63, 3.8) is 0 Å². The van der Waals surface area contributed by atoms with Crippen LogP contribution in [0.3, 0.4) is 0 Å². The van der Waals surface area contributed by atoms with Crippen LogP contribution in [-0.2, 0) is 12.7 Å². The number of aliphatic imine (C=N–C) groups is 1. The number of amidine groups is 1. The summed E-state index contributed by atoms with van der Waals surface area (Å²) in [6.07, 6.45) is -1.01. The monoisotopic (exact) mass is 266 g/mol. The third-order valence-corrected chi connectivity index (χ3v) is 4.53. The maximum Gasteiger partial charge on any atom is 0.416 e. The number of fused-ring (bicyclic) bond motifs is 6. The molecule has 0 spiro atoms. The molecule has 0 N–H and O–H groups in total. The maximum absolute atomic E-state index is 13.0. The number of rotatable bonds is 0. The molecule has 1 saturated heterocycles. The van der Waals surface area contributed by atoms with Gasteiger partial charge in [0.15, 0.2) is 0 Å². The Bertz CT molecular complexity index is 577. The van der Waals surface area contributed by atoms with E-state index in [1.165, 1.54) is 6.07 Å².